The molecule has 1 unspecified atom stereocenters. The predicted molar refractivity (Wildman–Crippen MR) is 64.1 cm³/mol. The van der Waals surface area contributed by atoms with Gasteiger partial charge >= 0.3 is 6.18 Å². The summed E-state index contributed by atoms with van der Waals surface area (Å²) < 4.78 is 68.4. The molecule has 0 aliphatic carbocycles. The molecule has 0 saturated carbocycles. The number of piperidine rings is 1. The number of nitrogens with two attached hydrogens (primary N) is 1. The molecule has 20 heavy (non-hydrogen) atoms. The summed E-state index contributed by atoms with van der Waals surface area (Å²) in [5.74, 6) is -1.36. The van der Waals surface area contributed by atoms with Gasteiger partial charge in [-0.25, -0.2) is 8.42 Å². The van der Waals surface area contributed by atoms with Crippen LogP contribution in [0.5, 0.6) is 0 Å². The average molecular weight is 312 g/mol. The Morgan fingerprint density at radius 2 is 2.10 bits per heavy atom. The Morgan fingerprint density at radius 3 is 2.65 bits per heavy atom. The zero-order valence-corrected chi connectivity index (χ0v) is 11.4. The van der Waals surface area contributed by atoms with Crippen LogP contribution >= 0.6 is 0 Å². The molecule has 114 valence electrons. The normalized spacial score (nSPS) is 22.1. The summed E-state index contributed by atoms with van der Waals surface area (Å²) in [5, 5.41) is -0.360. The molecule has 0 amide bonds. The van der Waals surface area contributed by atoms with E-state index in [0.717, 1.165) is 4.31 Å². The second-order valence-electron chi connectivity index (χ2n) is 4.67. The van der Waals surface area contributed by atoms with Gasteiger partial charge < -0.3 is 10.2 Å². The van der Waals surface area contributed by atoms with E-state index in [2.05, 4.69) is 0 Å². The Kier molecular flexibility index (Phi) is 4.12. The minimum Gasteiger partial charge on any atom is -0.447 e. The minimum absolute atomic E-state index is 0.0285. The maximum absolute atomic E-state index is 12.7. The maximum Gasteiger partial charge on any atom is 0.393 e. The number of alkyl halides is 3. The molecular weight excluding hydrogens is 297 g/mol. The zero-order chi connectivity index (χ0) is 15.0. The zero-order valence-electron chi connectivity index (χ0n) is 10.6. The lowest BCUT2D eigenvalue weighted by Gasteiger charge is -2.32. The summed E-state index contributed by atoms with van der Waals surface area (Å²) >= 11 is 0. The molecule has 1 aliphatic heterocycles. The quantitative estimate of drug-likeness (QED) is 0.921. The molecule has 0 radical (unpaired) electrons. The van der Waals surface area contributed by atoms with E-state index in [-0.39, 0.29) is 36.8 Å². The first kappa shape index (κ1) is 15.3. The highest BCUT2D eigenvalue weighted by molar-refractivity contribution is 7.89. The highest BCUT2D eigenvalue weighted by Gasteiger charge is 2.44. The van der Waals surface area contributed by atoms with Gasteiger partial charge in [-0.05, 0) is 25.0 Å². The van der Waals surface area contributed by atoms with E-state index in [1.807, 2.05) is 0 Å². The Morgan fingerprint density at radius 1 is 1.40 bits per heavy atom. The van der Waals surface area contributed by atoms with Gasteiger partial charge in [0.25, 0.3) is 10.0 Å². The monoisotopic (exact) mass is 312 g/mol. The largest absolute Gasteiger partial charge is 0.447 e. The van der Waals surface area contributed by atoms with Crippen LogP contribution < -0.4 is 5.73 Å². The number of furan rings is 1. The third-order valence-corrected chi connectivity index (χ3v) is 5.02. The summed E-state index contributed by atoms with van der Waals surface area (Å²) in [5.41, 5.74) is 5.31. The number of hydrogen-bond acceptors (Lipinski definition) is 4. The first-order chi connectivity index (χ1) is 9.25. The topological polar surface area (TPSA) is 76.5 Å². The lowest BCUT2D eigenvalue weighted by atomic mass is 9.99. The summed E-state index contributed by atoms with van der Waals surface area (Å²) in [4.78, 5) is 0. The van der Waals surface area contributed by atoms with Crippen molar-refractivity contribution in [1.82, 2.24) is 4.31 Å². The SMILES string of the molecule is NCc1ccc(S(=O)(=O)N2CCCC(C(F)(F)F)C2)o1. The van der Waals surface area contributed by atoms with Crippen LogP contribution in [0.25, 0.3) is 0 Å². The Hall–Kier alpha value is -1.06. The summed E-state index contributed by atoms with van der Waals surface area (Å²) in [7, 11) is -4.03. The first-order valence-corrected chi connectivity index (χ1v) is 7.55. The van der Waals surface area contributed by atoms with Crippen molar-refractivity contribution in [2.24, 2.45) is 11.7 Å². The third-order valence-electron chi connectivity index (χ3n) is 3.28. The van der Waals surface area contributed by atoms with Gasteiger partial charge in [-0.1, -0.05) is 0 Å². The van der Waals surface area contributed by atoms with Crippen LogP contribution in [0.15, 0.2) is 21.6 Å². The van der Waals surface area contributed by atoms with Gasteiger partial charge in [0.1, 0.15) is 5.76 Å². The number of hydrogen-bond donors (Lipinski definition) is 1. The first-order valence-electron chi connectivity index (χ1n) is 6.11. The number of nitrogens with zero attached hydrogens (tertiary/aromatic N) is 1. The number of halogens is 3. The summed E-state index contributed by atoms with van der Waals surface area (Å²) in [6.07, 6.45) is -4.27. The fourth-order valence-corrected chi connectivity index (χ4v) is 3.61. The van der Waals surface area contributed by atoms with Gasteiger partial charge in [-0.2, -0.15) is 17.5 Å². The van der Waals surface area contributed by atoms with Gasteiger partial charge in [0.15, 0.2) is 0 Å². The van der Waals surface area contributed by atoms with Crippen molar-refractivity contribution in [1.29, 1.82) is 0 Å². The van der Waals surface area contributed by atoms with Crippen LogP contribution in [0, 0.1) is 5.92 Å². The van der Waals surface area contributed by atoms with E-state index in [1.54, 1.807) is 0 Å². The van der Waals surface area contributed by atoms with E-state index in [0.29, 0.717) is 0 Å². The summed E-state index contributed by atoms with van der Waals surface area (Å²) in [6, 6.07) is 2.62. The van der Waals surface area contributed by atoms with E-state index < -0.39 is 28.7 Å². The average Bonchev–Trinajstić information content (AvgIpc) is 2.87. The van der Waals surface area contributed by atoms with E-state index in [1.165, 1.54) is 12.1 Å². The lowest BCUT2D eigenvalue weighted by Crippen LogP contribution is -2.44. The lowest BCUT2D eigenvalue weighted by molar-refractivity contribution is -0.182. The van der Waals surface area contributed by atoms with Crippen LogP contribution in [0.3, 0.4) is 0 Å². The van der Waals surface area contributed by atoms with Gasteiger partial charge in [0, 0.05) is 13.1 Å². The van der Waals surface area contributed by atoms with Crippen molar-refractivity contribution in [3.63, 3.8) is 0 Å². The summed E-state index contributed by atoms with van der Waals surface area (Å²) in [6.45, 7) is -0.473. The molecule has 0 aromatic carbocycles. The fraction of sp³-hybridized carbons (Fsp3) is 0.636. The van der Waals surface area contributed by atoms with Gasteiger partial charge in [-0.3, -0.25) is 0 Å². The van der Waals surface area contributed by atoms with Crippen LogP contribution in [-0.2, 0) is 16.6 Å². The van der Waals surface area contributed by atoms with Crippen molar-refractivity contribution < 1.29 is 26.0 Å². The fourth-order valence-electron chi connectivity index (χ4n) is 2.16. The van der Waals surface area contributed by atoms with Crippen molar-refractivity contribution in [2.75, 3.05) is 13.1 Å². The molecule has 0 bridgehead atoms. The molecule has 1 aromatic heterocycles. The van der Waals surface area contributed by atoms with E-state index >= 15 is 0 Å². The van der Waals surface area contributed by atoms with Crippen molar-refractivity contribution in [3.05, 3.63) is 17.9 Å². The number of sulfonamides is 1. The molecule has 1 fully saturated rings. The molecule has 1 aromatic rings. The second kappa shape index (κ2) is 5.38. The van der Waals surface area contributed by atoms with Crippen LogP contribution in [0.2, 0.25) is 0 Å². The number of rotatable bonds is 3. The predicted octanol–water partition coefficient (Wildman–Crippen LogP) is 1.70. The van der Waals surface area contributed by atoms with Gasteiger partial charge in [0.05, 0.1) is 12.5 Å². The van der Waals surface area contributed by atoms with E-state index in [4.69, 9.17) is 10.2 Å². The smallest absolute Gasteiger partial charge is 0.393 e. The van der Waals surface area contributed by atoms with Crippen molar-refractivity contribution in [3.8, 4) is 0 Å². The molecule has 2 N–H and O–H groups in total. The molecular formula is C11H15F3N2O3S. The van der Waals surface area contributed by atoms with Crippen molar-refractivity contribution >= 4 is 10.0 Å². The molecule has 9 heteroatoms. The molecule has 0 spiro atoms. The highest BCUT2D eigenvalue weighted by Crippen LogP contribution is 2.35. The standard InChI is InChI=1S/C11H15F3N2O3S/c12-11(13,14)8-2-1-5-16(7-8)20(17,18)10-4-3-9(6-15)19-10/h3-4,8H,1-2,5-7,15H2. The van der Waals surface area contributed by atoms with E-state index in [9.17, 15) is 21.6 Å². The molecule has 5 nitrogen and oxygen atoms in total. The molecule has 2 rings (SSSR count). The van der Waals surface area contributed by atoms with Gasteiger partial charge in [0.2, 0.25) is 5.09 Å². The van der Waals surface area contributed by atoms with Crippen LogP contribution in [-0.4, -0.2) is 32.0 Å². The van der Waals surface area contributed by atoms with Crippen LogP contribution in [0.1, 0.15) is 18.6 Å². The Labute approximate surface area is 114 Å². The molecule has 1 aliphatic rings. The molecule has 2 heterocycles. The van der Waals surface area contributed by atoms with Crippen LogP contribution in [0.4, 0.5) is 13.2 Å². The van der Waals surface area contributed by atoms with Gasteiger partial charge in [-0.15, -0.1) is 0 Å². The Balaban J connectivity index is 2.21. The maximum atomic E-state index is 12.7. The Bertz CT molecular complexity index is 568. The second-order valence-corrected chi connectivity index (χ2v) is 6.54. The highest BCUT2D eigenvalue weighted by atomic mass is 32.2. The molecule has 1 atom stereocenters. The van der Waals surface area contributed by atoms with Crippen molar-refractivity contribution in [2.45, 2.75) is 30.7 Å². The minimum atomic E-state index is -4.39. The third kappa shape index (κ3) is 2.99. The molecule has 1 saturated heterocycles.